The van der Waals surface area contributed by atoms with Gasteiger partial charge < -0.3 is 9.47 Å². The van der Waals surface area contributed by atoms with Crippen LogP contribution in [-0.2, 0) is 9.53 Å². The zero-order valence-corrected chi connectivity index (χ0v) is 12.3. The maximum Gasteiger partial charge on any atom is 0.311 e. The van der Waals surface area contributed by atoms with Gasteiger partial charge in [0.15, 0.2) is 0 Å². The summed E-state index contributed by atoms with van der Waals surface area (Å²) in [6, 6.07) is 4.17. The molecule has 0 saturated heterocycles. The Balaban J connectivity index is 2.83. The Morgan fingerprint density at radius 2 is 2.19 bits per heavy atom. The highest BCUT2D eigenvalue weighted by Gasteiger charge is 2.21. The molecule has 0 heterocycles. The molecule has 0 aromatic heterocycles. The van der Waals surface area contributed by atoms with Crippen molar-refractivity contribution < 1.29 is 19.2 Å². The van der Waals surface area contributed by atoms with Gasteiger partial charge in [0, 0.05) is 19.4 Å². The molecule has 7 nitrogen and oxygen atoms in total. The molecule has 0 radical (unpaired) electrons. The van der Waals surface area contributed by atoms with Gasteiger partial charge in [0.25, 0.3) is 0 Å². The number of benzene rings is 1. The van der Waals surface area contributed by atoms with Gasteiger partial charge in [-0.15, -0.1) is 0 Å². The van der Waals surface area contributed by atoms with Crippen LogP contribution in [0.2, 0.25) is 0 Å². The van der Waals surface area contributed by atoms with Gasteiger partial charge in [-0.05, 0) is 13.0 Å². The summed E-state index contributed by atoms with van der Waals surface area (Å²) in [4.78, 5) is 21.2. The first-order valence-corrected chi connectivity index (χ1v) is 6.52. The highest BCUT2D eigenvalue weighted by Crippen LogP contribution is 2.32. The fourth-order valence-electron chi connectivity index (χ4n) is 1.66. The van der Waals surface area contributed by atoms with E-state index in [1.807, 2.05) is 0 Å². The van der Waals surface area contributed by atoms with E-state index in [9.17, 15) is 14.9 Å². The fourth-order valence-corrected chi connectivity index (χ4v) is 1.81. The summed E-state index contributed by atoms with van der Waals surface area (Å²) in [5.41, 5.74) is -0.121. The van der Waals surface area contributed by atoms with Crippen LogP contribution < -0.4 is 4.74 Å². The SMILES string of the molecule is CC(=O)O[C@@H](C)CCOc1c(C(=N)Cl)cccc1[N+](=O)[O-]. The summed E-state index contributed by atoms with van der Waals surface area (Å²) in [6.07, 6.45) is -0.00934. The predicted molar refractivity (Wildman–Crippen MR) is 77.1 cm³/mol. The van der Waals surface area contributed by atoms with Gasteiger partial charge in [-0.1, -0.05) is 17.7 Å². The molecule has 114 valence electrons. The van der Waals surface area contributed by atoms with Crippen molar-refractivity contribution in [1.29, 1.82) is 5.41 Å². The second kappa shape index (κ2) is 7.58. The van der Waals surface area contributed by atoms with E-state index in [-0.39, 0.29) is 34.9 Å². The van der Waals surface area contributed by atoms with E-state index in [0.29, 0.717) is 6.42 Å². The Hall–Kier alpha value is -2.15. The fraction of sp³-hybridized carbons (Fsp3) is 0.385. The summed E-state index contributed by atoms with van der Waals surface area (Å²) >= 11 is 5.61. The molecule has 0 saturated carbocycles. The minimum absolute atomic E-state index is 0.0578. The van der Waals surface area contributed by atoms with E-state index >= 15 is 0 Å². The van der Waals surface area contributed by atoms with Crippen molar-refractivity contribution in [3.63, 3.8) is 0 Å². The van der Waals surface area contributed by atoms with Crippen LogP contribution in [-0.4, -0.2) is 28.8 Å². The molecular formula is C13H15ClN2O5. The quantitative estimate of drug-likeness (QED) is 0.361. The number of rotatable bonds is 7. The summed E-state index contributed by atoms with van der Waals surface area (Å²) in [7, 11) is 0. The highest BCUT2D eigenvalue weighted by molar-refractivity contribution is 6.69. The second-order valence-electron chi connectivity index (χ2n) is 4.28. The van der Waals surface area contributed by atoms with Crippen LogP contribution in [0, 0.1) is 15.5 Å². The van der Waals surface area contributed by atoms with Gasteiger partial charge in [-0.3, -0.25) is 20.3 Å². The molecule has 0 unspecified atom stereocenters. The Morgan fingerprint density at radius 3 is 2.71 bits per heavy atom. The van der Waals surface area contributed by atoms with Crippen LogP contribution in [0.3, 0.4) is 0 Å². The second-order valence-corrected chi connectivity index (χ2v) is 4.66. The van der Waals surface area contributed by atoms with Crippen molar-refractivity contribution >= 4 is 28.4 Å². The lowest BCUT2D eigenvalue weighted by molar-refractivity contribution is -0.385. The number of esters is 1. The topological polar surface area (TPSA) is 103 Å². The molecule has 0 spiro atoms. The van der Waals surface area contributed by atoms with Crippen LogP contribution in [0.25, 0.3) is 0 Å². The van der Waals surface area contributed by atoms with Gasteiger partial charge in [-0.2, -0.15) is 0 Å². The molecule has 1 aromatic carbocycles. The van der Waals surface area contributed by atoms with E-state index in [2.05, 4.69) is 0 Å². The summed E-state index contributed by atoms with van der Waals surface area (Å²) in [5.74, 6) is -0.464. The van der Waals surface area contributed by atoms with E-state index in [4.69, 9.17) is 26.5 Å². The lowest BCUT2D eigenvalue weighted by atomic mass is 10.2. The average Bonchev–Trinajstić information content (AvgIpc) is 2.37. The smallest absolute Gasteiger partial charge is 0.311 e. The van der Waals surface area contributed by atoms with Crippen molar-refractivity contribution in [2.24, 2.45) is 0 Å². The van der Waals surface area contributed by atoms with Crippen molar-refractivity contribution in [2.45, 2.75) is 26.4 Å². The Kier molecular flexibility index (Phi) is 6.10. The van der Waals surface area contributed by atoms with Crippen LogP contribution in [0.1, 0.15) is 25.8 Å². The summed E-state index contributed by atoms with van der Waals surface area (Å²) < 4.78 is 10.3. The lowest BCUT2D eigenvalue weighted by Crippen LogP contribution is -2.16. The van der Waals surface area contributed by atoms with Crippen molar-refractivity contribution in [1.82, 2.24) is 0 Å². The monoisotopic (exact) mass is 314 g/mol. The zero-order chi connectivity index (χ0) is 16.0. The molecule has 1 atom stereocenters. The number of halogens is 1. The lowest BCUT2D eigenvalue weighted by Gasteiger charge is -2.14. The van der Waals surface area contributed by atoms with Gasteiger partial charge in [0.2, 0.25) is 5.75 Å². The minimum atomic E-state index is -0.603. The van der Waals surface area contributed by atoms with Crippen LogP contribution in [0.5, 0.6) is 5.75 Å². The van der Waals surface area contributed by atoms with Crippen molar-refractivity contribution in [2.75, 3.05) is 6.61 Å². The number of nitro groups is 1. The molecular weight excluding hydrogens is 300 g/mol. The number of nitrogens with zero attached hydrogens (tertiary/aromatic N) is 1. The Morgan fingerprint density at radius 1 is 1.52 bits per heavy atom. The Labute approximate surface area is 126 Å². The Bertz CT molecular complexity index is 529. The summed E-state index contributed by atoms with van der Waals surface area (Å²) in [5, 5.41) is 18.1. The van der Waals surface area contributed by atoms with E-state index in [1.54, 1.807) is 6.92 Å². The molecule has 0 bridgehead atoms. The normalized spacial score (nSPS) is 11.6. The molecule has 0 fully saturated rings. The molecule has 0 aliphatic rings. The van der Waals surface area contributed by atoms with E-state index in [1.165, 1.54) is 25.1 Å². The number of nitro benzene ring substituents is 1. The van der Waals surface area contributed by atoms with Gasteiger partial charge in [-0.25, -0.2) is 0 Å². The molecule has 1 N–H and O–H groups in total. The van der Waals surface area contributed by atoms with Gasteiger partial charge in [0.05, 0.1) is 17.1 Å². The minimum Gasteiger partial charge on any atom is -0.486 e. The maximum atomic E-state index is 11.0. The number of ether oxygens (including phenoxy) is 2. The molecule has 1 rings (SSSR count). The van der Waals surface area contributed by atoms with Crippen molar-refractivity contribution in [3.05, 3.63) is 33.9 Å². The van der Waals surface area contributed by atoms with Gasteiger partial charge >= 0.3 is 11.7 Å². The number of para-hydroxylation sites is 1. The number of hydrogen-bond acceptors (Lipinski definition) is 6. The molecule has 0 amide bonds. The largest absolute Gasteiger partial charge is 0.486 e. The molecule has 0 aliphatic heterocycles. The number of nitrogens with one attached hydrogen (secondary N) is 1. The average molecular weight is 315 g/mol. The van der Waals surface area contributed by atoms with Crippen LogP contribution in [0.4, 0.5) is 5.69 Å². The van der Waals surface area contributed by atoms with Gasteiger partial charge in [0.1, 0.15) is 11.3 Å². The van der Waals surface area contributed by atoms with Crippen LogP contribution >= 0.6 is 11.6 Å². The highest BCUT2D eigenvalue weighted by atomic mass is 35.5. The molecule has 0 aliphatic carbocycles. The third-order valence-corrected chi connectivity index (χ3v) is 2.77. The van der Waals surface area contributed by atoms with E-state index < -0.39 is 10.9 Å². The third-order valence-electron chi connectivity index (χ3n) is 2.57. The first-order chi connectivity index (χ1) is 9.82. The maximum absolute atomic E-state index is 11.0. The molecule has 1 aromatic rings. The number of carbonyl (C=O) groups is 1. The van der Waals surface area contributed by atoms with E-state index in [0.717, 1.165) is 0 Å². The number of carbonyl (C=O) groups excluding carboxylic acids is 1. The summed E-state index contributed by atoms with van der Waals surface area (Å²) in [6.45, 7) is 3.08. The van der Waals surface area contributed by atoms with Crippen molar-refractivity contribution in [3.8, 4) is 5.75 Å². The number of hydrogen-bond donors (Lipinski definition) is 1. The zero-order valence-electron chi connectivity index (χ0n) is 11.6. The third kappa shape index (κ3) is 5.03. The predicted octanol–water partition coefficient (Wildman–Crippen LogP) is 2.88. The first kappa shape index (κ1) is 16.9. The molecule has 8 heteroatoms. The van der Waals surface area contributed by atoms with Crippen LogP contribution in [0.15, 0.2) is 18.2 Å². The first-order valence-electron chi connectivity index (χ1n) is 6.14. The molecule has 21 heavy (non-hydrogen) atoms. The standard InChI is InChI=1S/C13H15ClN2O5/c1-8(21-9(2)17)6-7-20-12-10(13(14)15)4-3-5-11(12)16(18)19/h3-5,8,15H,6-7H2,1-2H3/t8-/m0/s1.